The second kappa shape index (κ2) is 5.46. The number of aromatic amines is 1. The number of H-pyrrole nitrogens is 1. The number of rotatable bonds is 5. The molecule has 7 nitrogen and oxygen atoms in total. The van der Waals surface area contributed by atoms with Gasteiger partial charge in [-0.3, -0.25) is 9.89 Å². The molecule has 0 unspecified atom stereocenters. The van der Waals surface area contributed by atoms with Crippen molar-refractivity contribution >= 4 is 11.7 Å². The standard InChI is InChI=1S/C11H14N4O3/c1-3-7-5-12-14-10(7)13-11(16)9-4-8(6-17-2)18-15-9/h4-5H,3,6H2,1-2H3,(H2,12,13,14,16). The molecule has 7 heteroatoms. The quantitative estimate of drug-likeness (QED) is 0.835. The lowest BCUT2D eigenvalue weighted by molar-refractivity contribution is 0.101. The third-order valence-electron chi connectivity index (χ3n) is 2.42. The van der Waals surface area contributed by atoms with Gasteiger partial charge in [0.15, 0.2) is 11.5 Å². The third-order valence-corrected chi connectivity index (χ3v) is 2.42. The SMILES string of the molecule is CCc1cn[nH]c1NC(=O)c1cc(COC)on1. The average molecular weight is 250 g/mol. The Bertz CT molecular complexity index is 532. The van der Waals surface area contributed by atoms with Gasteiger partial charge in [-0.1, -0.05) is 12.1 Å². The van der Waals surface area contributed by atoms with Crippen LogP contribution >= 0.6 is 0 Å². The Kier molecular flexibility index (Phi) is 3.73. The molecular formula is C11H14N4O3. The summed E-state index contributed by atoms with van der Waals surface area (Å²) in [7, 11) is 1.54. The molecule has 2 aromatic rings. The summed E-state index contributed by atoms with van der Waals surface area (Å²) < 4.78 is 9.82. The predicted molar refractivity (Wildman–Crippen MR) is 63.1 cm³/mol. The molecule has 96 valence electrons. The van der Waals surface area contributed by atoms with Gasteiger partial charge in [-0.05, 0) is 6.42 Å². The lowest BCUT2D eigenvalue weighted by Crippen LogP contribution is -2.13. The molecule has 2 heterocycles. The smallest absolute Gasteiger partial charge is 0.279 e. The van der Waals surface area contributed by atoms with Crippen molar-refractivity contribution in [3.63, 3.8) is 0 Å². The first-order chi connectivity index (χ1) is 8.74. The van der Waals surface area contributed by atoms with Crippen LogP contribution in [-0.2, 0) is 17.8 Å². The summed E-state index contributed by atoms with van der Waals surface area (Å²) in [5.74, 6) is 0.738. The fourth-order valence-corrected chi connectivity index (χ4v) is 1.50. The Labute approximate surface area is 104 Å². The fourth-order valence-electron chi connectivity index (χ4n) is 1.50. The number of methoxy groups -OCH3 is 1. The van der Waals surface area contributed by atoms with Crippen LogP contribution in [0.2, 0.25) is 0 Å². The maximum Gasteiger partial charge on any atom is 0.279 e. The highest BCUT2D eigenvalue weighted by Crippen LogP contribution is 2.13. The van der Waals surface area contributed by atoms with Crippen LogP contribution in [-0.4, -0.2) is 28.4 Å². The lowest BCUT2D eigenvalue weighted by Gasteiger charge is -2.01. The van der Waals surface area contributed by atoms with Crippen molar-refractivity contribution in [1.82, 2.24) is 15.4 Å². The van der Waals surface area contributed by atoms with E-state index >= 15 is 0 Å². The molecule has 0 fully saturated rings. The second-order valence-electron chi connectivity index (χ2n) is 3.69. The molecule has 0 aliphatic heterocycles. The summed E-state index contributed by atoms with van der Waals surface area (Å²) in [5.41, 5.74) is 1.14. The number of carbonyl (C=O) groups is 1. The van der Waals surface area contributed by atoms with Crippen LogP contribution in [0.5, 0.6) is 0 Å². The van der Waals surface area contributed by atoms with Crippen molar-refractivity contribution in [2.45, 2.75) is 20.0 Å². The molecule has 0 aliphatic carbocycles. The van der Waals surface area contributed by atoms with Gasteiger partial charge in [0, 0.05) is 18.7 Å². The Morgan fingerprint density at radius 2 is 2.44 bits per heavy atom. The van der Waals surface area contributed by atoms with Crippen molar-refractivity contribution in [3.8, 4) is 0 Å². The summed E-state index contributed by atoms with van der Waals surface area (Å²) in [4.78, 5) is 11.9. The van der Waals surface area contributed by atoms with E-state index in [9.17, 15) is 4.79 Å². The minimum absolute atomic E-state index is 0.207. The number of nitrogens with zero attached hydrogens (tertiary/aromatic N) is 2. The van der Waals surface area contributed by atoms with Crippen molar-refractivity contribution in [3.05, 3.63) is 29.3 Å². The predicted octanol–water partition coefficient (Wildman–Crippen LogP) is 1.36. The van der Waals surface area contributed by atoms with Crippen molar-refractivity contribution < 1.29 is 14.1 Å². The monoisotopic (exact) mass is 250 g/mol. The van der Waals surface area contributed by atoms with Gasteiger partial charge in [-0.2, -0.15) is 5.10 Å². The van der Waals surface area contributed by atoms with Gasteiger partial charge in [0.25, 0.3) is 5.91 Å². The van der Waals surface area contributed by atoms with E-state index in [-0.39, 0.29) is 18.2 Å². The van der Waals surface area contributed by atoms with Crippen LogP contribution < -0.4 is 5.32 Å². The summed E-state index contributed by atoms with van der Waals surface area (Å²) in [6, 6.07) is 1.54. The molecule has 2 aromatic heterocycles. The molecule has 0 aliphatic rings. The molecule has 2 rings (SSSR count). The topological polar surface area (TPSA) is 93.0 Å². The maximum absolute atomic E-state index is 11.9. The van der Waals surface area contributed by atoms with Gasteiger partial charge in [0.1, 0.15) is 12.4 Å². The molecule has 0 aromatic carbocycles. The number of amides is 1. The minimum Gasteiger partial charge on any atom is -0.377 e. The van der Waals surface area contributed by atoms with Crippen LogP contribution in [0.1, 0.15) is 28.7 Å². The molecule has 2 N–H and O–H groups in total. The highest BCUT2D eigenvalue weighted by molar-refractivity contribution is 6.02. The first-order valence-electron chi connectivity index (χ1n) is 5.52. The van der Waals surface area contributed by atoms with Crippen LogP contribution in [0.4, 0.5) is 5.82 Å². The molecule has 0 saturated carbocycles. The number of aryl methyl sites for hydroxylation is 1. The summed E-state index contributed by atoms with van der Waals surface area (Å²) in [5, 5.41) is 13.0. The lowest BCUT2D eigenvalue weighted by atomic mass is 10.2. The number of carbonyl (C=O) groups excluding carboxylic acids is 1. The first-order valence-corrected chi connectivity index (χ1v) is 5.52. The Morgan fingerprint density at radius 1 is 1.61 bits per heavy atom. The average Bonchev–Trinajstić information content (AvgIpc) is 2.98. The zero-order chi connectivity index (χ0) is 13.0. The van der Waals surface area contributed by atoms with Crippen LogP contribution in [0.3, 0.4) is 0 Å². The van der Waals surface area contributed by atoms with Crippen molar-refractivity contribution in [1.29, 1.82) is 0 Å². The first kappa shape index (κ1) is 12.3. The van der Waals surface area contributed by atoms with Crippen LogP contribution in [0.25, 0.3) is 0 Å². The van der Waals surface area contributed by atoms with E-state index in [1.807, 2.05) is 6.92 Å². The van der Waals surface area contributed by atoms with Gasteiger partial charge in [-0.25, -0.2) is 0 Å². The molecule has 0 atom stereocenters. The van der Waals surface area contributed by atoms with E-state index in [1.165, 1.54) is 0 Å². The highest BCUT2D eigenvalue weighted by atomic mass is 16.5. The maximum atomic E-state index is 11.9. The zero-order valence-electron chi connectivity index (χ0n) is 10.2. The van der Waals surface area contributed by atoms with E-state index in [4.69, 9.17) is 9.26 Å². The Morgan fingerprint density at radius 3 is 3.17 bits per heavy atom. The van der Waals surface area contributed by atoms with Gasteiger partial charge in [0.05, 0.1) is 6.20 Å². The molecule has 0 spiro atoms. The Balaban J connectivity index is 2.07. The fraction of sp³-hybridized carbons (Fsp3) is 0.364. The van der Waals surface area contributed by atoms with E-state index in [1.54, 1.807) is 19.4 Å². The molecule has 0 saturated heterocycles. The van der Waals surface area contributed by atoms with Gasteiger partial charge >= 0.3 is 0 Å². The number of hydrogen-bond acceptors (Lipinski definition) is 5. The number of hydrogen-bond donors (Lipinski definition) is 2. The number of nitrogens with one attached hydrogen (secondary N) is 2. The summed E-state index contributed by atoms with van der Waals surface area (Å²) >= 11 is 0. The Hall–Kier alpha value is -2.15. The van der Waals surface area contributed by atoms with E-state index in [0.717, 1.165) is 12.0 Å². The van der Waals surface area contributed by atoms with Crippen molar-refractivity contribution in [2.75, 3.05) is 12.4 Å². The number of aromatic nitrogens is 3. The summed E-state index contributed by atoms with van der Waals surface area (Å²) in [6.07, 6.45) is 2.45. The van der Waals surface area contributed by atoms with E-state index in [0.29, 0.717) is 11.6 Å². The summed E-state index contributed by atoms with van der Waals surface area (Å²) in [6.45, 7) is 2.26. The minimum atomic E-state index is -0.347. The molecule has 1 amide bonds. The van der Waals surface area contributed by atoms with Crippen LogP contribution in [0.15, 0.2) is 16.8 Å². The molecular weight excluding hydrogens is 236 g/mol. The second-order valence-corrected chi connectivity index (χ2v) is 3.69. The normalized spacial score (nSPS) is 10.6. The molecule has 0 bridgehead atoms. The highest BCUT2D eigenvalue weighted by Gasteiger charge is 2.14. The van der Waals surface area contributed by atoms with E-state index < -0.39 is 0 Å². The van der Waals surface area contributed by atoms with E-state index in [2.05, 4.69) is 20.7 Å². The van der Waals surface area contributed by atoms with Crippen molar-refractivity contribution in [2.24, 2.45) is 0 Å². The van der Waals surface area contributed by atoms with Gasteiger partial charge in [0.2, 0.25) is 0 Å². The third kappa shape index (κ3) is 2.57. The van der Waals surface area contributed by atoms with Gasteiger partial charge < -0.3 is 14.6 Å². The van der Waals surface area contributed by atoms with Crippen LogP contribution in [0, 0.1) is 0 Å². The number of ether oxygens (including phenoxy) is 1. The largest absolute Gasteiger partial charge is 0.377 e. The molecule has 18 heavy (non-hydrogen) atoms. The number of anilines is 1. The van der Waals surface area contributed by atoms with Gasteiger partial charge in [-0.15, -0.1) is 0 Å². The zero-order valence-corrected chi connectivity index (χ0v) is 10.2. The molecule has 0 radical (unpaired) electrons.